The number of hydrogen-bond donors (Lipinski definition) is 1. The van der Waals surface area contributed by atoms with E-state index in [1.807, 2.05) is 0 Å². The summed E-state index contributed by atoms with van der Waals surface area (Å²) in [7, 11) is -3.77. The number of carbonyl (C=O) groups excluding carboxylic acids is 1. The topological polar surface area (TPSA) is 104 Å². The standard InChI is InChI=1S/C21H16F3N3O4S2/c1-33(29,30)20-26-14-8-4-5-9-15(14)27(20)17-10-16(18(32-17)19(25)28)31-11-12-6-2-3-7-13(12)21(22,23)24/h2-10H,11H2,1H3,(H2,25,28). The number of alkyl halides is 3. The van der Waals surface area contributed by atoms with Crippen LogP contribution in [-0.2, 0) is 22.6 Å². The van der Waals surface area contributed by atoms with E-state index in [2.05, 4.69) is 4.98 Å². The van der Waals surface area contributed by atoms with Crippen molar-refractivity contribution < 1.29 is 31.1 Å². The van der Waals surface area contributed by atoms with E-state index in [0.717, 1.165) is 23.7 Å². The van der Waals surface area contributed by atoms with E-state index in [1.165, 1.54) is 28.8 Å². The molecule has 0 aliphatic rings. The van der Waals surface area contributed by atoms with E-state index in [9.17, 15) is 26.4 Å². The summed E-state index contributed by atoms with van der Waals surface area (Å²) < 4.78 is 71.5. The zero-order chi connectivity index (χ0) is 24.0. The first-order chi connectivity index (χ1) is 15.5. The second kappa shape index (κ2) is 8.19. The van der Waals surface area contributed by atoms with Gasteiger partial charge in [0.05, 0.1) is 16.6 Å². The van der Waals surface area contributed by atoms with E-state index in [0.29, 0.717) is 11.0 Å². The van der Waals surface area contributed by atoms with E-state index in [-0.39, 0.29) is 26.3 Å². The van der Waals surface area contributed by atoms with Gasteiger partial charge < -0.3 is 10.5 Å². The summed E-state index contributed by atoms with van der Waals surface area (Å²) in [5.41, 5.74) is 5.34. The number of carbonyl (C=O) groups is 1. The molecule has 4 rings (SSSR count). The highest BCUT2D eigenvalue weighted by Gasteiger charge is 2.33. The summed E-state index contributed by atoms with van der Waals surface area (Å²) in [6.45, 7) is -0.476. The minimum atomic E-state index is -4.58. The van der Waals surface area contributed by atoms with Gasteiger partial charge in [0, 0.05) is 17.9 Å². The molecule has 2 aromatic heterocycles. The van der Waals surface area contributed by atoms with Crippen LogP contribution in [0.4, 0.5) is 13.2 Å². The molecule has 0 radical (unpaired) electrons. The van der Waals surface area contributed by atoms with Crippen LogP contribution < -0.4 is 10.5 Å². The van der Waals surface area contributed by atoms with Crippen molar-refractivity contribution in [3.05, 3.63) is 70.6 Å². The number of hydrogen-bond acceptors (Lipinski definition) is 6. The summed E-state index contributed by atoms with van der Waals surface area (Å²) in [5, 5.41) is 0.00645. The van der Waals surface area contributed by atoms with Crippen LogP contribution in [0.5, 0.6) is 5.75 Å². The Bertz CT molecular complexity index is 1470. The highest BCUT2D eigenvalue weighted by atomic mass is 32.2. The Hall–Kier alpha value is -3.38. The number of halogens is 3. The van der Waals surface area contributed by atoms with E-state index >= 15 is 0 Å². The molecule has 0 bridgehead atoms. The SMILES string of the molecule is CS(=O)(=O)c1nc2ccccc2n1-c1cc(OCc2ccccc2C(F)(F)F)c(C(N)=O)s1. The van der Waals surface area contributed by atoms with Crippen LogP contribution in [0, 0.1) is 0 Å². The second-order valence-electron chi connectivity index (χ2n) is 7.08. The number of sulfone groups is 1. The van der Waals surface area contributed by atoms with Gasteiger partial charge in [-0.2, -0.15) is 13.2 Å². The number of primary amides is 1. The van der Waals surface area contributed by atoms with E-state index < -0.39 is 34.1 Å². The van der Waals surface area contributed by atoms with Gasteiger partial charge in [0.15, 0.2) is 0 Å². The number of aromatic nitrogens is 2. The van der Waals surface area contributed by atoms with Gasteiger partial charge in [0.1, 0.15) is 22.2 Å². The number of ether oxygens (including phenoxy) is 1. The molecule has 33 heavy (non-hydrogen) atoms. The number of para-hydroxylation sites is 2. The fourth-order valence-electron chi connectivity index (χ4n) is 3.29. The van der Waals surface area contributed by atoms with Gasteiger partial charge in [-0.3, -0.25) is 9.36 Å². The van der Waals surface area contributed by atoms with Crippen LogP contribution in [0.25, 0.3) is 16.0 Å². The number of fused-ring (bicyclic) bond motifs is 1. The number of amides is 1. The minimum Gasteiger partial charge on any atom is -0.487 e. The quantitative estimate of drug-likeness (QED) is 0.432. The molecule has 12 heteroatoms. The molecule has 0 spiro atoms. The fourth-order valence-corrected chi connectivity index (χ4v) is 5.12. The number of thiophene rings is 1. The van der Waals surface area contributed by atoms with Crippen molar-refractivity contribution in [2.45, 2.75) is 17.9 Å². The molecule has 0 saturated carbocycles. The summed E-state index contributed by atoms with van der Waals surface area (Å²) in [6, 6.07) is 13.0. The van der Waals surface area contributed by atoms with Gasteiger partial charge >= 0.3 is 6.18 Å². The van der Waals surface area contributed by atoms with Gasteiger partial charge in [-0.15, -0.1) is 11.3 Å². The van der Waals surface area contributed by atoms with Crippen LogP contribution in [0.1, 0.15) is 20.8 Å². The van der Waals surface area contributed by atoms with Crippen molar-refractivity contribution in [3.63, 3.8) is 0 Å². The number of nitrogens with two attached hydrogens (primary N) is 1. The van der Waals surface area contributed by atoms with Crippen LogP contribution in [0.3, 0.4) is 0 Å². The van der Waals surface area contributed by atoms with Gasteiger partial charge in [0.25, 0.3) is 5.91 Å². The maximum Gasteiger partial charge on any atom is 0.416 e. The predicted octanol–water partition coefficient (Wildman–Crippen LogP) is 4.19. The molecule has 0 aliphatic carbocycles. The summed E-state index contributed by atoms with van der Waals surface area (Å²) in [6.07, 6.45) is -3.58. The molecule has 0 unspecified atom stereocenters. The molecular weight excluding hydrogens is 479 g/mol. The number of imidazole rings is 1. The number of benzene rings is 2. The predicted molar refractivity (Wildman–Crippen MR) is 116 cm³/mol. The van der Waals surface area contributed by atoms with Gasteiger partial charge in [-0.25, -0.2) is 13.4 Å². The lowest BCUT2D eigenvalue weighted by Crippen LogP contribution is -2.13. The maximum atomic E-state index is 13.3. The van der Waals surface area contributed by atoms with Crippen LogP contribution >= 0.6 is 11.3 Å². The molecule has 7 nitrogen and oxygen atoms in total. The molecule has 0 aliphatic heterocycles. The first-order valence-electron chi connectivity index (χ1n) is 9.36. The summed E-state index contributed by atoms with van der Waals surface area (Å²) >= 11 is 0.852. The zero-order valence-corrected chi connectivity index (χ0v) is 18.6. The highest BCUT2D eigenvalue weighted by Crippen LogP contribution is 2.37. The number of rotatable bonds is 6. The molecule has 0 atom stereocenters. The van der Waals surface area contributed by atoms with Crippen molar-refractivity contribution in [1.82, 2.24) is 9.55 Å². The van der Waals surface area contributed by atoms with Crippen molar-refractivity contribution >= 4 is 38.1 Å². The van der Waals surface area contributed by atoms with Crippen molar-refractivity contribution in [2.75, 3.05) is 6.26 Å². The lowest BCUT2D eigenvalue weighted by atomic mass is 10.1. The molecule has 2 aromatic carbocycles. The Kier molecular flexibility index (Phi) is 5.66. The Morgan fingerprint density at radius 1 is 1.15 bits per heavy atom. The zero-order valence-electron chi connectivity index (χ0n) is 17.0. The van der Waals surface area contributed by atoms with Crippen molar-refractivity contribution in [1.29, 1.82) is 0 Å². The Morgan fingerprint density at radius 2 is 1.82 bits per heavy atom. The van der Waals surface area contributed by atoms with Crippen LogP contribution in [-0.4, -0.2) is 30.1 Å². The van der Waals surface area contributed by atoms with Crippen LogP contribution in [0.2, 0.25) is 0 Å². The molecule has 172 valence electrons. The molecule has 2 heterocycles. The third-order valence-electron chi connectivity index (χ3n) is 4.70. The first-order valence-corrected chi connectivity index (χ1v) is 12.1. The molecule has 0 fully saturated rings. The fraction of sp³-hybridized carbons (Fsp3) is 0.143. The average Bonchev–Trinajstić information content (AvgIpc) is 3.33. The number of nitrogens with zero attached hydrogens (tertiary/aromatic N) is 2. The lowest BCUT2D eigenvalue weighted by Gasteiger charge is -2.13. The highest BCUT2D eigenvalue weighted by molar-refractivity contribution is 7.90. The molecule has 0 saturated heterocycles. The third-order valence-corrected chi connectivity index (χ3v) is 6.75. The maximum absolute atomic E-state index is 13.3. The second-order valence-corrected chi connectivity index (χ2v) is 10.0. The molecule has 4 aromatic rings. The van der Waals surface area contributed by atoms with E-state index in [1.54, 1.807) is 24.3 Å². The summed E-state index contributed by atoms with van der Waals surface area (Å²) in [5.74, 6) is -0.924. The Labute approximate surface area is 190 Å². The smallest absolute Gasteiger partial charge is 0.416 e. The van der Waals surface area contributed by atoms with Gasteiger partial charge in [-0.1, -0.05) is 30.3 Å². The molecule has 1 amide bonds. The summed E-state index contributed by atoms with van der Waals surface area (Å²) in [4.78, 5) is 16.1. The monoisotopic (exact) mass is 495 g/mol. The largest absolute Gasteiger partial charge is 0.487 e. The first kappa shape index (κ1) is 22.8. The Morgan fingerprint density at radius 3 is 2.48 bits per heavy atom. The molecule has 2 N–H and O–H groups in total. The van der Waals surface area contributed by atoms with Crippen molar-refractivity contribution in [3.8, 4) is 10.8 Å². The average molecular weight is 496 g/mol. The minimum absolute atomic E-state index is 0.0586. The van der Waals surface area contributed by atoms with Crippen LogP contribution in [0.15, 0.2) is 59.8 Å². The van der Waals surface area contributed by atoms with Gasteiger partial charge in [0.2, 0.25) is 15.0 Å². The Balaban J connectivity index is 1.80. The third kappa shape index (κ3) is 4.44. The molecular formula is C21H16F3N3O4S2. The van der Waals surface area contributed by atoms with E-state index in [4.69, 9.17) is 10.5 Å². The normalized spacial score (nSPS) is 12.2. The lowest BCUT2D eigenvalue weighted by molar-refractivity contribution is -0.138. The van der Waals surface area contributed by atoms with Gasteiger partial charge in [-0.05, 0) is 18.2 Å². The van der Waals surface area contributed by atoms with Crippen molar-refractivity contribution in [2.24, 2.45) is 5.73 Å².